The van der Waals surface area contributed by atoms with Crippen LogP contribution in [0.4, 0.5) is 5.69 Å². The number of nitrogens with zero attached hydrogens (tertiary/aromatic N) is 2. The van der Waals surface area contributed by atoms with Crippen LogP contribution < -0.4 is 15.6 Å². The van der Waals surface area contributed by atoms with Gasteiger partial charge in [-0.05, 0) is 38.0 Å². The Balaban J connectivity index is 1.76. The van der Waals surface area contributed by atoms with Crippen LogP contribution >= 0.6 is 23.2 Å². The minimum absolute atomic E-state index is 0.139. The molecular weight excluding hydrogens is 409 g/mol. The summed E-state index contributed by atoms with van der Waals surface area (Å²) in [6.07, 6.45) is 1.62. The standard InChI is InChI=1S/C18H19Cl2N3O5/c1-12(28-16-6-4-13(19)10-15(16)20)18(25)21-8-2-3-9-22-11-14(23(26)27)5-7-17(22)24/h4-7,10-12H,2-3,8-9H2,1H3,(H,21,25). The van der Waals surface area contributed by atoms with E-state index in [9.17, 15) is 19.7 Å². The third-order valence-corrected chi connectivity index (χ3v) is 4.40. The molecule has 0 saturated heterocycles. The number of aryl methyl sites for hydroxylation is 1. The first-order valence-electron chi connectivity index (χ1n) is 8.52. The summed E-state index contributed by atoms with van der Waals surface area (Å²) in [5.41, 5.74) is -0.448. The average molecular weight is 428 g/mol. The van der Waals surface area contributed by atoms with Gasteiger partial charge in [0, 0.05) is 30.2 Å². The van der Waals surface area contributed by atoms with E-state index in [2.05, 4.69) is 5.32 Å². The van der Waals surface area contributed by atoms with Crippen LogP contribution in [-0.2, 0) is 11.3 Å². The summed E-state index contributed by atoms with van der Waals surface area (Å²) >= 11 is 11.8. The summed E-state index contributed by atoms with van der Waals surface area (Å²) in [5.74, 6) is 0.0531. The van der Waals surface area contributed by atoms with E-state index in [1.807, 2.05) is 0 Å². The van der Waals surface area contributed by atoms with Gasteiger partial charge in [0.25, 0.3) is 17.2 Å². The predicted molar refractivity (Wildman–Crippen MR) is 106 cm³/mol. The highest BCUT2D eigenvalue weighted by Gasteiger charge is 2.15. The second-order valence-electron chi connectivity index (χ2n) is 6.01. The van der Waals surface area contributed by atoms with E-state index < -0.39 is 11.0 Å². The summed E-state index contributed by atoms with van der Waals surface area (Å²) in [4.78, 5) is 34.0. The van der Waals surface area contributed by atoms with Gasteiger partial charge in [0.15, 0.2) is 6.10 Å². The molecule has 1 aromatic heterocycles. The molecule has 8 nitrogen and oxygen atoms in total. The number of hydrogen-bond acceptors (Lipinski definition) is 5. The summed E-state index contributed by atoms with van der Waals surface area (Å²) in [7, 11) is 0. The number of carbonyl (C=O) groups is 1. The summed E-state index contributed by atoms with van der Waals surface area (Å²) < 4.78 is 6.81. The molecule has 0 spiro atoms. The maximum atomic E-state index is 12.1. The fraction of sp³-hybridized carbons (Fsp3) is 0.333. The van der Waals surface area contributed by atoms with Gasteiger partial charge in [0.05, 0.1) is 16.1 Å². The van der Waals surface area contributed by atoms with Gasteiger partial charge >= 0.3 is 0 Å². The fourth-order valence-corrected chi connectivity index (χ4v) is 2.83. The average Bonchev–Trinajstić information content (AvgIpc) is 2.64. The zero-order valence-electron chi connectivity index (χ0n) is 15.1. The lowest BCUT2D eigenvalue weighted by Crippen LogP contribution is -2.37. The Bertz CT molecular complexity index is 916. The molecule has 150 valence electrons. The monoisotopic (exact) mass is 427 g/mol. The van der Waals surface area contributed by atoms with Crippen LogP contribution in [0.5, 0.6) is 5.75 Å². The number of aromatic nitrogens is 1. The van der Waals surface area contributed by atoms with E-state index in [1.165, 1.54) is 29.0 Å². The Kier molecular flexibility index (Phi) is 7.83. The van der Waals surface area contributed by atoms with Crippen molar-refractivity contribution in [1.29, 1.82) is 0 Å². The molecule has 2 rings (SSSR count). The van der Waals surface area contributed by atoms with Gasteiger partial charge in [0.2, 0.25) is 0 Å². The minimum Gasteiger partial charge on any atom is -0.479 e. The van der Waals surface area contributed by atoms with Gasteiger partial charge in [-0.2, -0.15) is 0 Å². The number of ether oxygens (including phenoxy) is 1. The number of amides is 1. The molecule has 0 radical (unpaired) electrons. The minimum atomic E-state index is -0.752. The molecule has 2 aromatic rings. The van der Waals surface area contributed by atoms with Gasteiger partial charge in [-0.1, -0.05) is 23.2 Å². The predicted octanol–water partition coefficient (Wildman–Crippen LogP) is 3.43. The molecule has 1 atom stereocenters. The number of nitrogens with one attached hydrogen (secondary N) is 1. The van der Waals surface area contributed by atoms with Crippen molar-refractivity contribution in [2.24, 2.45) is 0 Å². The first kappa shape index (κ1) is 21.7. The summed E-state index contributed by atoms with van der Waals surface area (Å²) in [6.45, 7) is 2.30. The molecule has 0 fully saturated rings. The molecule has 1 N–H and O–H groups in total. The SMILES string of the molecule is CC(Oc1ccc(Cl)cc1Cl)C(=O)NCCCCn1cc([N+](=O)[O-])ccc1=O. The van der Waals surface area contributed by atoms with Crippen LogP contribution in [0.3, 0.4) is 0 Å². The topological polar surface area (TPSA) is 103 Å². The number of hydrogen-bond donors (Lipinski definition) is 1. The van der Waals surface area contributed by atoms with E-state index in [0.29, 0.717) is 41.7 Å². The third kappa shape index (κ3) is 6.24. The second kappa shape index (κ2) is 10.1. The molecule has 0 aliphatic carbocycles. The summed E-state index contributed by atoms with van der Waals surface area (Å²) in [6, 6.07) is 7.07. The number of benzene rings is 1. The Morgan fingerprint density at radius 3 is 2.71 bits per heavy atom. The number of nitro groups is 1. The molecule has 10 heteroatoms. The van der Waals surface area contributed by atoms with Gasteiger partial charge in [-0.15, -0.1) is 0 Å². The largest absolute Gasteiger partial charge is 0.479 e. The molecule has 0 aliphatic rings. The van der Waals surface area contributed by atoms with E-state index >= 15 is 0 Å². The summed E-state index contributed by atoms with van der Waals surface area (Å²) in [5, 5.41) is 14.3. The lowest BCUT2D eigenvalue weighted by Gasteiger charge is -2.15. The molecule has 0 bridgehead atoms. The Labute approximate surface area is 171 Å². The van der Waals surface area contributed by atoms with E-state index in [0.717, 1.165) is 0 Å². The van der Waals surface area contributed by atoms with E-state index in [-0.39, 0.29) is 17.2 Å². The van der Waals surface area contributed by atoms with Gasteiger partial charge in [0.1, 0.15) is 5.75 Å². The number of carbonyl (C=O) groups excluding carboxylic acids is 1. The zero-order chi connectivity index (χ0) is 20.7. The molecule has 1 amide bonds. The number of rotatable bonds is 9. The van der Waals surface area contributed by atoms with Crippen LogP contribution in [0.2, 0.25) is 10.0 Å². The highest BCUT2D eigenvalue weighted by molar-refractivity contribution is 6.35. The molecule has 0 saturated carbocycles. The number of halogens is 2. The highest BCUT2D eigenvalue weighted by Crippen LogP contribution is 2.28. The lowest BCUT2D eigenvalue weighted by molar-refractivity contribution is -0.385. The van der Waals surface area contributed by atoms with Crippen LogP contribution in [0.25, 0.3) is 0 Å². The normalized spacial score (nSPS) is 11.7. The molecule has 1 heterocycles. The second-order valence-corrected chi connectivity index (χ2v) is 6.85. The maximum Gasteiger partial charge on any atom is 0.285 e. The van der Waals surface area contributed by atoms with Crippen molar-refractivity contribution in [3.05, 3.63) is 67.0 Å². The lowest BCUT2D eigenvalue weighted by atomic mass is 10.2. The maximum absolute atomic E-state index is 12.1. The smallest absolute Gasteiger partial charge is 0.285 e. The zero-order valence-corrected chi connectivity index (χ0v) is 16.6. The quantitative estimate of drug-likeness (QED) is 0.375. The van der Waals surface area contributed by atoms with Crippen LogP contribution in [-0.4, -0.2) is 28.0 Å². The molecular formula is C18H19Cl2N3O5. The molecule has 28 heavy (non-hydrogen) atoms. The van der Waals surface area contributed by atoms with Gasteiger partial charge < -0.3 is 14.6 Å². The van der Waals surface area contributed by atoms with Gasteiger partial charge in [-0.3, -0.25) is 19.7 Å². The van der Waals surface area contributed by atoms with Crippen molar-refractivity contribution in [2.75, 3.05) is 6.54 Å². The highest BCUT2D eigenvalue weighted by atomic mass is 35.5. The Morgan fingerprint density at radius 1 is 1.29 bits per heavy atom. The Hall–Kier alpha value is -2.58. The van der Waals surface area contributed by atoms with E-state index in [1.54, 1.807) is 19.1 Å². The van der Waals surface area contributed by atoms with E-state index in [4.69, 9.17) is 27.9 Å². The van der Waals surface area contributed by atoms with Crippen molar-refractivity contribution in [1.82, 2.24) is 9.88 Å². The molecule has 1 unspecified atom stereocenters. The van der Waals surface area contributed by atoms with Crippen LogP contribution in [0, 0.1) is 10.1 Å². The van der Waals surface area contributed by atoms with Crippen molar-refractivity contribution < 1.29 is 14.5 Å². The van der Waals surface area contributed by atoms with Crippen LogP contribution in [0.15, 0.2) is 41.3 Å². The fourth-order valence-electron chi connectivity index (χ4n) is 2.38. The van der Waals surface area contributed by atoms with Crippen LogP contribution in [0.1, 0.15) is 19.8 Å². The van der Waals surface area contributed by atoms with Crippen molar-refractivity contribution in [3.63, 3.8) is 0 Å². The molecule has 0 aliphatic heterocycles. The Morgan fingerprint density at radius 2 is 2.04 bits per heavy atom. The third-order valence-electron chi connectivity index (χ3n) is 3.87. The number of pyridine rings is 1. The molecule has 1 aromatic carbocycles. The first-order chi connectivity index (χ1) is 13.3. The van der Waals surface area contributed by atoms with Crippen molar-refractivity contribution >= 4 is 34.8 Å². The number of unbranched alkanes of at least 4 members (excludes halogenated alkanes) is 1. The first-order valence-corrected chi connectivity index (χ1v) is 9.28. The van der Waals surface area contributed by atoms with Crippen molar-refractivity contribution in [2.45, 2.75) is 32.4 Å². The van der Waals surface area contributed by atoms with Crippen molar-refractivity contribution in [3.8, 4) is 5.75 Å². The van der Waals surface area contributed by atoms with Gasteiger partial charge in [-0.25, -0.2) is 0 Å².